The van der Waals surface area contributed by atoms with Gasteiger partial charge >= 0.3 is 0 Å². The normalized spacial score (nSPS) is 11.7. The molecule has 0 aliphatic rings. The number of rotatable bonds is 5. The minimum atomic E-state index is -3.70. The average molecular weight is 404 g/mol. The van der Waals surface area contributed by atoms with Gasteiger partial charge in [0.25, 0.3) is 10.0 Å². The zero-order chi connectivity index (χ0) is 19.8. The first-order valence-electron chi connectivity index (χ1n) is 8.47. The van der Waals surface area contributed by atoms with Gasteiger partial charge in [0.15, 0.2) is 5.13 Å². The van der Waals surface area contributed by atoms with Gasteiger partial charge in [-0.25, -0.2) is 13.4 Å². The average Bonchev–Trinajstić information content (AvgIpc) is 2.97. The molecule has 3 rings (SSSR count). The highest BCUT2D eigenvalue weighted by Gasteiger charge is 2.17. The van der Waals surface area contributed by atoms with Gasteiger partial charge in [-0.15, -0.1) is 0 Å². The SMILES string of the molecule is Cc1ccc(S(=O)(=O)Nc2nc3c(C)cc(NC(=O)C(C)C)cc3s2)cc1. The highest BCUT2D eigenvalue weighted by Crippen LogP contribution is 2.32. The Morgan fingerprint density at radius 2 is 1.78 bits per heavy atom. The number of anilines is 2. The highest BCUT2D eigenvalue weighted by molar-refractivity contribution is 7.93. The summed E-state index contributed by atoms with van der Waals surface area (Å²) in [5.74, 6) is -0.196. The van der Waals surface area contributed by atoms with Gasteiger partial charge < -0.3 is 5.32 Å². The van der Waals surface area contributed by atoms with E-state index < -0.39 is 10.0 Å². The lowest BCUT2D eigenvalue weighted by Gasteiger charge is -2.08. The van der Waals surface area contributed by atoms with Gasteiger partial charge in [-0.2, -0.15) is 0 Å². The van der Waals surface area contributed by atoms with E-state index in [0.29, 0.717) is 16.3 Å². The summed E-state index contributed by atoms with van der Waals surface area (Å²) in [7, 11) is -3.70. The molecular weight excluding hydrogens is 382 g/mol. The minimum Gasteiger partial charge on any atom is -0.326 e. The maximum Gasteiger partial charge on any atom is 0.263 e. The number of fused-ring (bicyclic) bond motifs is 1. The van der Waals surface area contributed by atoms with Crippen LogP contribution in [0.2, 0.25) is 0 Å². The second kappa shape index (κ2) is 7.28. The molecule has 142 valence electrons. The van der Waals surface area contributed by atoms with Crippen LogP contribution in [0.4, 0.5) is 10.8 Å². The predicted octanol–water partition coefficient (Wildman–Crippen LogP) is 4.31. The summed E-state index contributed by atoms with van der Waals surface area (Å²) in [5.41, 5.74) is 3.24. The summed E-state index contributed by atoms with van der Waals surface area (Å²) < 4.78 is 28.5. The molecular formula is C19H21N3O3S2. The van der Waals surface area contributed by atoms with Gasteiger partial charge in [-0.1, -0.05) is 42.9 Å². The lowest BCUT2D eigenvalue weighted by atomic mass is 10.1. The third kappa shape index (κ3) is 4.28. The quantitative estimate of drug-likeness (QED) is 0.664. The summed E-state index contributed by atoms with van der Waals surface area (Å²) in [4.78, 5) is 16.5. The van der Waals surface area contributed by atoms with E-state index in [9.17, 15) is 13.2 Å². The van der Waals surface area contributed by atoms with Crippen LogP contribution in [0.15, 0.2) is 41.3 Å². The third-order valence-electron chi connectivity index (χ3n) is 4.03. The second-order valence-electron chi connectivity index (χ2n) is 6.72. The van der Waals surface area contributed by atoms with E-state index in [2.05, 4.69) is 15.0 Å². The number of nitrogens with one attached hydrogen (secondary N) is 2. The van der Waals surface area contributed by atoms with E-state index in [-0.39, 0.29) is 16.7 Å². The first-order chi connectivity index (χ1) is 12.7. The fourth-order valence-electron chi connectivity index (χ4n) is 2.49. The van der Waals surface area contributed by atoms with Crippen LogP contribution in [-0.2, 0) is 14.8 Å². The van der Waals surface area contributed by atoms with Gasteiger partial charge in [0.1, 0.15) is 0 Å². The second-order valence-corrected chi connectivity index (χ2v) is 9.43. The van der Waals surface area contributed by atoms with Crippen LogP contribution in [0, 0.1) is 19.8 Å². The fourth-order valence-corrected chi connectivity index (χ4v) is 4.71. The summed E-state index contributed by atoms with van der Waals surface area (Å²) in [5, 5.41) is 3.16. The molecule has 27 heavy (non-hydrogen) atoms. The molecule has 8 heteroatoms. The Morgan fingerprint density at radius 1 is 1.11 bits per heavy atom. The summed E-state index contributed by atoms with van der Waals surface area (Å²) in [6, 6.07) is 10.3. The van der Waals surface area contributed by atoms with Crippen LogP contribution >= 0.6 is 11.3 Å². The van der Waals surface area contributed by atoms with Crippen molar-refractivity contribution in [2.45, 2.75) is 32.6 Å². The number of carbonyl (C=O) groups excluding carboxylic acids is 1. The van der Waals surface area contributed by atoms with Crippen LogP contribution in [-0.4, -0.2) is 19.3 Å². The number of hydrogen-bond acceptors (Lipinski definition) is 5. The fraction of sp³-hybridized carbons (Fsp3) is 0.263. The molecule has 1 heterocycles. The molecule has 0 saturated carbocycles. The van der Waals surface area contributed by atoms with Gasteiger partial charge in [-0.3, -0.25) is 9.52 Å². The Morgan fingerprint density at radius 3 is 2.41 bits per heavy atom. The van der Waals surface area contributed by atoms with Crippen molar-refractivity contribution >= 4 is 48.3 Å². The Hall–Kier alpha value is -2.45. The summed E-state index contributed by atoms with van der Waals surface area (Å²) in [6.07, 6.45) is 0. The van der Waals surface area contributed by atoms with Gasteiger partial charge in [0, 0.05) is 11.6 Å². The number of hydrogen-bond donors (Lipinski definition) is 2. The van der Waals surface area contributed by atoms with Crippen molar-refractivity contribution < 1.29 is 13.2 Å². The van der Waals surface area contributed by atoms with Crippen LogP contribution in [0.3, 0.4) is 0 Å². The van der Waals surface area contributed by atoms with Crippen molar-refractivity contribution in [1.29, 1.82) is 0 Å². The number of nitrogens with zero attached hydrogens (tertiary/aromatic N) is 1. The number of aromatic nitrogens is 1. The highest BCUT2D eigenvalue weighted by atomic mass is 32.2. The molecule has 2 aromatic carbocycles. The van der Waals surface area contributed by atoms with E-state index >= 15 is 0 Å². The number of benzene rings is 2. The van der Waals surface area contributed by atoms with Gasteiger partial charge in [0.2, 0.25) is 5.91 Å². The lowest BCUT2D eigenvalue weighted by molar-refractivity contribution is -0.118. The molecule has 2 N–H and O–H groups in total. The Kier molecular flexibility index (Phi) is 5.21. The number of sulfonamides is 1. The van der Waals surface area contributed by atoms with Crippen LogP contribution in [0.1, 0.15) is 25.0 Å². The van der Waals surface area contributed by atoms with Crippen LogP contribution in [0.5, 0.6) is 0 Å². The Labute approximate surface area is 162 Å². The van der Waals surface area contributed by atoms with Crippen molar-refractivity contribution in [1.82, 2.24) is 4.98 Å². The molecule has 0 bridgehead atoms. The van der Waals surface area contributed by atoms with Crippen molar-refractivity contribution in [3.05, 3.63) is 47.5 Å². The molecule has 3 aromatic rings. The van der Waals surface area contributed by atoms with Gasteiger partial charge in [-0.05, 0) is 43.7 Å². The maximum absolute atomic E-state index is 12.6. The van der Waals surface area contributed by atoms with Crippen molar-refractivity contribution in [2.75, 3.05) is 10.0 Å². The molecule has 0 aliphatic carbocycles. The van der Waals surface area contributed by atoms with Crippen LogP contribution < -0.4 is 10.0 Å². The molecule has 1 aromatic heterocycles. The minimum absolute atomic E-state index is 0.0708. The zero-order valence-electron chi connectivity index (χ0n) is 15.5. The first kappa shape index (κ1) is 19.3. The summed E-state index contributed by atoms with van der Waals surface area (Å²) in [6.45, 7) is 7.43. The molecule has 0 unspecified atom stereocenters. The predicted molar refractivity (Wildman–Crippen MR) is 110 cm³/mol. The largest absolute Gasteiger partial charge is 0.326 e. The monoisotopic (exact) mass is 403 g/mol. The molecule has 0 aliphatic heterocycles. The number of thiazole rings is 1. The molecule has 0 atom stereocenters. The van der Waals surface area contributed by atoms with Crippen molar-refractivity contribution in [2.24, 2.45) is 5.92 Å². The zero-order valence-corrected chi connectivity index (χ0v) is 17.2. The topological polar surface area (TPSA) is 88.2 Å². The molecule has 1 amide bonds. The van der Waals surface area contributed by atoms with E-state index in [0.717, 1.165) is 15.8 Å². The third-order valence-corrected chi connectivity index (χ3v) is 6.43. The first-order valence-corrected chi connectivity index (χ1v) is 10.8. The molecule has 0 saturated heterocycles. The van der Waals surface area contributed by atoms with E-state index in [4.69, 9.17) is 0 Å². The molecule has 0 radical (unpaired) electrons. The van der Waals surface area contributed by atoms with Crippen LogP contribution in [0.25, 0.3) is 10.2 Å². The van der Waals surface area contributed by atoms with Crippen molar-refractivity contribution in [3.63, 3.8) is 0 Å². The van der Waals surface area contributed by atoms with E-state index in [1.807, 2.05) is 39.8 Å². The molecule has 0 spiro atoms. The van der Waals surface area contributed by atoms with E-state index in [1.165, 1.54) is 11.3 Å². The number of amides is 1. The molecule has 6 nitrogen and oxygen atoms in total. The maximum atomic E-state index is 12.6. The van der Waals surface area contributed by atoms with Crippen molar-refractivity contribution in [3.8, 4) is 0 Å². The standard InChI is InChI=1S/C19H21N3O3S2/c1-11(2)18(23)20-14-9-13(4)17-16(10-14)26-19(21-17)22-27(24,25)15-7-5-12(3)6-8-15/h5-11H,1-4H3,(H,20,23)(H,21,22). The number of carbonyl (C=O) groups is 1. The molecule has 0 fully saturated rings. The van der Waals surface area contributed by atoms with E-state index in [1.54, 1.807) is 24.3 Å². The Bertz CT molecular complexity index is 1100. The number of aryl methyl sites for hydroxylation is 2. The van der Waals surface area contributed by atoms with Gasteiger partial charge in [0.05, 0.1) is 15.1 Å². The lowest BCUT2D eigenvalue weighted by Crippen LogP contribution is -2.17. The Balaban J connectivity index is 1.91. The summed E-state index contributed by atoms with van der Waals surface area (Å²) >= 11 is 1.23. The smallest absolute Gasteiger partial charge is 0.263 e.